The standard InChI is InChI=1S/C24H25N5O3S/c1-18-16-25-29(17-18)21-9-7-20(8-10-21)24-26-23(32-27-24)15-19-5-11-22(12-6-19)33(30,31)28-13-3-2-4-14-28/h5-12,16-17H,2-4,13-15H2,1H3. The van der Waals surface area contributed by atoms with Crippen molar-refractivity contribution in [2.24, 2.45) is 0 Å². The van der Waals surface area contributed by atoms with Gasteiger partial charge in [0, 0.05) is 24.8 Å². The molecule has 1 saturated heterocycles. The van der Waals surface area contributed by atoms with Crippen LogP contribution < -0.4 is 0 Å². The molecule has 0 atom stereocenters. The van der Waals surface area contributed by atoms with E-state index >= 15 is 0 Å². The molecule has 9 heteroatoms. The molecule has 0 spiro atoms. The van der Waals surface area contributed by atoms with Crippen LogP contribution in [0.15, 0.2) is 70.3 Å². The molecule has 2 aromatic carbocycles. The maximum absolute atomic E-state index is 12.8. The van der Waals surface area contributed by atoms with Gasteiger partial charge in [-0.25, -0.2) is 13.1 Å². The Kier molecular flexibility index (Phi) is 5.82. The molecule has 0 radical (unpaired) electrons. The summed E-state index contributed by atoms with van der Waals surface area (Å²) >= 11 is 0. The van der Waals surface area contributed by atoms with E-state index in [1.54, 1.807) is 16.4 Å². The summed E-state index contributed by atoms with van der Waals surface area (Å²) in [6.45, 7) is 3.19. The molecule has 1 fully saturated rings. The molecule has 4 aromatic rings. The van der Waals surface area contributed by atoms with E-state index in [2.05, 4.69) is 15.2 Å². The second kappa shape index (κ2) is 8.92. The normalized spacial score (nSPS) is 15.1. The second-order valence-electron chi connectivity index (χ2n) is 8.31. The Hall–Kier alpha value is -3.30. The molecule has 1 aliphatic heterocycles. The third-order valence-electron chi connectivity index (χ3n) is 5.80. The number of benzene rings is 2. The minimum absolute atomic E-state index is 0.326. The van der Waals surface area contributed by atoms with E-state index in [1.165, 1.54) is 0 Å². The van der Waals surface area contributed by atoms with Crippen LogP contribution in [-0.4, -0.2) is 45.7 Å². The molecule has 170 valence electrons. The quantitative estimate of drug-likeness (QED) is 0.429. The molecular weight excluding hydrogens is 438 g/mol. The van der Waals surface area contributed by atoms with E-state index in [4.69, 9.17) is 4.52 Å². The van der Waals surface area contributed by atoms with Crippen molar-refractivity contribution in [3.63, 3.8) is 0 Å². The average molecular weight is 464 g/mol. The van der Waals surface area contributed by atoms with Crippen LogP contribution in [0.5, 0.6) is 0 Å². The van der Waals surface area contributed by atoms with Crippen LogP contribution in [0, 0.1) is 6.92 Å². The summed E-state index contributed by atoms with van der Waals surface area (Å²) in [6.07, 6.45) is 7.14. The van der Waals surface area contributed by atoms with Crippen molar-refractivity contribution in [3.05, 3.63) is 77.9 Å². The fraction of sp³-hybridized carbons (Fsp3) is 0.292. The summed E-state index contributed by atoms with van der Waals surface area (Å²) in [5.41, 5.74) is 3.81. The van der Waals surface area contributed by atoms with E-state index < -0.39 is 10.0 Å². The summed E-state index contributed by atoms with van der Waals surface area (Å²) in [6, 6.07) is 14.7. The lowest BCUT2D eigenvalue weighted by atomic mass is 10.1. The van der Waals surface area contributed by atoms with Crippen molar-refractivity contribution in [1.82, 2.24) is 24.2 Å². The highest BCUT2D eigenvalue weighted by atomic mass is 32.2. The fourth-order valence-electron chi connectivity index (χ4n) is 3.97. The summed E-state index contributed by atoms with van der Waals surface area (Å²) in [4.78, 5) is 4.83. The van der Waals surface area contributed by atoms with Gasteiger partial charge in [0.1, 0.15) is 0 Å². The van der Waals surface area contributed by atoms with Gasteiger partial charge in [-0.3, -0.25) is 0 Å². The van der Waals surface area contributed by atoms with E-state index in [0.29, 0.717) is 36.1 Å². The zero-order valence-corrected chi connectivity index (χ0v) is 19.2. The number of nitrogens with zero attached hydrogens (tertiary/aromatic N) is 5. The molecule has 0 N–H and O–H groups in total. The van der Waals surface area contributed by atoms with Crippen LogP contribution in [0.25, 0.3) is 17.1 Å². The molecule has 0 amide bonds. The van der Waals surface area contributed by atoms with E-state index in [9.17, 15) is 8.42 Å². The predicted octanol–water partition coefficient (Wildman–Crippen LogP) is 4.00. The van der Waals surface area contributed by atoms with Crippen molar-refractivity contribution >= 4 is 10.0 Å². The zero-order chi connectivity index (χ0) is 22.8. The molecule has 5 rings (SSSR count). The molecule has 2 aromatic heterocycles. The number of hydrogen-bond acceptors (Lipinski definition) is 6. The number of piperidine rings is 1. The Balaban J connectivity index is 1.27. The number of hydrogen-bond donors (Lipinski definition) is 0. The maximum Gasteiger partial charge on any atom is 0.243 e. The van der Waals surface area contributed by atoms with Crippen molar-refractivity contribution < 1.29 is 12.9 Å². The predicted molar refractivity (Wildman–Crippen MR) is 123 cm³/mol. The van der Waals surface area contributed by atoms with Gasteiger partial charge in [0.2, 0.25) is 21.7 Å². The molecule has 8 nitrogen and oxygen atoms in total. The molecule has 0 aliphatic carbocycles. The van der Waals surface area contributed by atoms with E-state index in [1.807, 2.05) is 60.4 Å². The highest BCUT2D eigenvalue weighted by Gasteiger charge is 2.25. The van der Waals surface area contributed by atoms with Crippen molar-refractivity contribution in [3.8, 4) is 17.1 Å². The van der Waals surface area contributed by atoms with Gasteiger partial charge >= 0.3 is 0 Å². The van der Waals surface area contributed by atoms with Gasteiger partial charge in [0.05, 0.1) is 23.2 Å². The fourth-order valence-corrected chi connectivity index (χ4v) is 5.49. The first-order chi connectivity index (χ1) is 16.0. The van der Waals surface area contributed by atoms with Gasteiger partial charge in [-0.1, -0.05) is 23.7 Å². The van der Waals surface area contributed by atoms with Crippen LogP contribution in [0.4, 0.5) is 0 Å². The zero-order valence-electron chi connectivity index (χ0n) is 18.4. The van der Waals surface area contributed by atoms with Crippen LogP contribution in [0.1, 0.15) is 36.3 Å². The summed E-state index contributed by atoms with van der Waals surface area (Å²) < 4.78 is 34.4. The molecule has 0 bridgehead atoms. The Bertz CT molecular complexity index is 1340. The maximum atomic E-state index is 12.8. The summed E-state index contributed by atoms with van der Waals surface area (Å²) in [5, 5.41) is 8.41. The van der Waals surface area contributed by atoms with E-state index in [0.717, 1.165) is 41.6 Å². The number of aryl methyl sites for hydroxylation is 1. The molecule has 1 aliphatic rings. The summed E-state index contributed by atoms with van der Waals surface area (Å²) in [5.74, 6) is 0.987. The molecule has 3 heterocycles. The van der Waals surface area contributed by atoms with Gasteiger partial charge in [0.25, 0.3) is 0 Å². The first-order valence-corrected chi connectivity index (χ1v) is 12.5. The van der Waals surface area contributed by atoms with E-state index in [-0.39, 0.29) is 0 Å². The van der Waals surface area contributed by atoms with Crippen LogP contribution >= 0.6 is 0 Å². The second-order valence-corrected chi connectivity index (χ2v) is 10.2. The molecule has 0 saturated carbocycles. The van der Waals surface area contributed by atoms with Gasteiger partial charge in [0.15, 0.2) is 0 Å². The minimum Gasteiger partial charge on any atom is -0.339 e. The Morgan fingerprint density at radius 2 is 1.70 bits per heavy atom. The van der Waals surface area contributed by atoms with Crippen molar-refractivity contribution in [2.45, 2.75) is 37.5 Å². The number of rotatable bonds is 6. The number of aromatic nitrogens is 4. The van der Waals surface area contributed by atoms with Gasteiger partial charge in [-0.05, 0) is 67.3 Å². The smallest absolute Gasteiger partial charge is 0.243 e. The highest BCUT2D eigenvalue weighted by Crippen LogP contribution is 2.23. The Morgan fingerprint density at radius 1 is 0.970 bits per heavy atom. The van der Waals surface area contributed by atoms with Crippen LogP contribution in [0.3, 0.4) is 0 Å². The average Bonchev–Trinajstić information content (AvgIpc) is 3.49. The largest absolute Gasteiger partial charge is 0.339 e. The molecular formula is C24H25N5O3S. The lowest BCUT2D eigenvalue weighted by Gasteiger charge is -2.25. The first-order valence-electron chi connectivity index (χ1n) is 11.0. The lowest BCUT2D eigenvalue weighted by Crippen LogP contribution is -2.35. The minimum atomic E-state index is -3.43. The summed E-state index contributed by atoms with van der Waals surface area (Å²) in [7, 11) is -3.43. The molecule has 0 unspecified atom stereocenters. The molecule has 33 heavy (non-hydrogen) atoms. The topological polar surface area (TPSA) is 94.1 Å². The number of sulfonamides is 1. The van der Waals surface area contributed by atoms with Crippen LogP contribution in [0.2, 0.25) is 0 Å². The first kappa shape index (κ1) is 21.5. The lowest BCUT2D eigenvalue weighted by molar-refractivity contribution is 0.346. The third-order valence-corrected chi connectivity index (χ3v) is 7.71. The monoisotopic (exact) mass is 463 g/mol. The van der Waals surface area contributed by atoms with Gasteiger partial charge in [-0.15, -0.1) is 0 Å². The van der Waals surface area contributed by atoms with Crippen molar-refractivity contribution in [2.75, 3.05) is 13.1 Å². The SMILES string of the molecule is Cc1cnn(-c2ccc(-c3noc(Cc4ccc(S(=O)(=O)N5CCCCC5)cc4)n3)cc2)c1. The highest BCUT2D eigenvalue weighted by molar-refractivity contribution is 7.89. The van der Waals surface area contributed by atoms with Gasteiger partial charge < -0.3 is 4.52 Å². The Labute approximate surface area is 192 Å². The van der Waals surface area contributed by atoms with Crippen molar-refractivity contribution in [1.29, 1.82) is 0 Å². The van der Waals surface area contributed by atoms with Crippen LogP contribution in [-0.2, 0) is 16.4 Å². The third kappa shape index (κ3) is 4.60. The van der Waals surface area contributed by atoms with Gasteiger partial charge in [-0.2, -0.15) is 14.4 Å². The Morgan fingerprint density at radius 3 is 2.36 bits per heavy atom.